The third-order valence-electron chi connectivity index (χ3n) is 0.988. The van der Waals surface area contributed by atoms with Crippen LogP contribution in [-0.4, -0.2) is 10.2 Å². The van der Waals surface area contributed by atoms with E-state index in [9.17, 15) is 0 Å². The van der Waals surface area contributed by atoms with Crippen molar-refractivity contribution < 1.29 is 4.57 Å². The number of nitrogens with zero attached hydrogens (tertiary/aromatic N) is 2. The molecular weight excluding hydrogens is 90.1 g/mol. The van der Waals surface area contributed by atoms with Crippen LogP contribution in [0.5, 0.6) is 0 Å². The molecule has 0 saturated heterocycles. The molecule has 0 spiro atoms. The molecule has 0 aliphatic rings. The van der Waals surface area contributed by atoms with Crippen LogP contribution in [0, 0.1) is 6.92 Å². The molecule has 1 aromatic rings. The lowest BCUT2D eigenvalue weighted by molar-refractivity contribution is -0.677. The van der Waals surface area contributed by atoms with E-state index in [0.717, 1.165) is 5.82 Å². The van der Waals surface area contributed by atoms with Gasteiger partial charge in [0.15, 0.2) is 0 Å². The van der Waals surface area contributed by atoms with Crippen molar-refractivity contribution in [3.05, 3.63) is 12.2 Å². The Morgan fingerprint density at radius 1 is 1.86 bits per heavy atom. The predicted molar refractivity (Wildman–Crippen MR) is 24.5 cm³/mol. The van der Waals surface area contributed by atoms with Crippen molar-refractivity contribution in [3.8, 4) is 0 Å². The van der Waals surface area contributed by atoms with Crippen LogP contribution < -0.4 is 4.57 Å². The van der Waals surface area contributed by atoms with Crippen LogP contribution in [0.2, 0.25) is 0 Å². The minimum atomic E-state index is 1.00. The molecule has 0 radical (unpaired) electrons. The number of hydrogen-bond donors (Lipinski definition) is 1. The molecular formula is C4H8N3+. The normalized spacial score (nSPS) is 9.43. The lowest BCUT2D eigenvalue weighted by Gasteiger charge is -1.75. The van der Waals surface area contributed by atoms with Gasteiger partial charge in [0.1, 0.15) is 0 Å². The number of nitrogens with one attached hydrogen (secondary N) is 1. The molecule has 0 aliphatic carbocycles. The molecule has 0 amide bonds. The second-order valence-corrected chi connectivity index (χ2v) is 1.53. The second-order valence-electron chi connectivity index (χ2n) is 1.53. The van der Waals surface area contributed by atoms with E-state index < -0.39 is 0 Å². The SMILES string of the molecule is Cc1n[nH]c[n+]1C. The van der Waals surface area contributed by atoms with Gasteiger partial charge in [-0.05, 0) is 0 Å². The van der Waals surface area contributed by atoms with Gasteiger partial charge in [-0.3, -0.25) is 0 Å². The average molecular weight is 98.1 g/mol. The lowest BCUT2D eigenvalue weighted by Crippen LogP contribution is -2.27. The fourth-order valence-electron chi connectivity index (χ4n) is 0.381. The zero-order chi connectivity index (χ0) is 5.28. The summed E-state index contributed by atoms with van der Waals surface area (Å²) >= 11 is 0. The van der Waals surface area contributed by atoms with Crippen LogP contribution in [0.25, 0.3) is 0 Å². The maximum atomic E-state index is 3.85. The molecule has 1 aromatic heterocycles. The molecule has 1 heterocycles. The van der Waals surface area contributed by atoms with E-state index in [1.54, 1.807) is 6.33 Å². The first kappa shape index (κ1) is 4.30. The Balaban J connectivity index is 3.12. The van der Waals surface area contributed by atoms with E-state index >= 15 is 0 Å². The number of aromatic amines is 1. The molecule has 0 aliphatic heterocycles. The lowest BCUT2D eigenvalue weighted by atomic mass is 10.7. The van der Waals surface area contributed by atoms with Crippen LogP contribution in [-0.2, 0) is 7.05 Å². The summed E-state index contributed by atoms with van der Waals surface area (Å²) in [6, 6.07) is 0. The minimum absolute atomic E-state index is 1.00. The Bertz CT molecular complexity index is 139. The zero-order valence-corrected chi connectivity index (χ0v) is 4.47. The minimum Gasteiger partial charge on any atom is -0.238 e. The molecule has 0 atom stereocenters. The Kier molecular flexibility index (Phi) is 0.817. The Labute approximate surface area is 42.0 Å². The summed E-state index contributed by atoms with van der Waals surface area (Å²) in [6.45, 7) is 1.94. The summed E-state index contributed by atoms with van der Waals surface area (Å²) in [6.07, 6.45) is 1.80. The molecule has 3 heteroatoms. The highest BCUT2D eigenvalue weighted by atomic mass is 15.2. The van der Waals surface area contributed by atoms with Crippen molar-refractivity contribution in [2.24, 2.45) is 7.05 Å². The number of rotatable bonds is 0. The highest BCUT2D eigenvalue weighted by Crippen LogP contribution is 1.70. The van der Waals surface area contributed by atoms with Crippen molar-refractivity contribution in [1.29, 1.82) is 0 Å². The predicted octanol–water partition coefficient (Wildman–Crippen LogP) is -0.457. The summed E-state index contributed by atoms with van der Waals surface area (Å²) in [7, 11) is 1.94. The van der Waals surface area contributed by atoms with Gasteiger partial charge in [-0.15, -0.1) is 5.10 Å². The molecule has 0 aromatic carbocycles. The second kappa shape index (κ2) is 1.33. The molecule has 0 fully saturated rings. The summed E-state index contributed by atoms with van der Waals surface area (Å²) in [5.74, 6) is 1.00. The highest BCUT2D eigenvalue weighted by molar-refractivity contribution is 4.57. The largest absolute Gasteiger partial charge is 0.273 e. The number of hydrogen-bond acceptors (Lipinski definition) is 1. The Morgan fingerprint density at radius 2 is 2.57 bits per heavy atom. The quantitative estimate of drug-likeness (QED) is 0.438. The third kappa shape index (κ3) is 0.607. The van der Waals surface area contributed by atoms with E-state index in [0.29, 0.717) is 0 Å². The van der Waals surface area contributed by atoms with Gasteiger partial charge in [-0.2, -0.15) is 0 Å². The van der Waals surface area contributed by atoms with Crippen LogP contribution in [0.15, 0.2) is 6.33 Å². The van der Waals surface area contributed by atoms with Crippen molar-refractivity contribution in [2.75, 3.05) is 0 Å². The monoisotopic (exact) mass is 98.1 g/mol. The van der Waals surface area contributed by atoms with Gasteiger partial charge in [0, 0.05) is 12.0 Å². The summed E-state index contributed by atoms with van der Waals surface area (Å²) in [5, 5.41) is 6.56. The fourth-order valence-corrected chi connectivity index (χ4v) is 0.381. The standard InChI is InChI=1S/C4H7N3/c1-4-6-5-3-7(4)2/h3H,1-2H3/p+1. The van der Waals surface area contributed by atoms with Gasteiger partial charge >= 0.3 is 0 Å². The van der Waals surface area contributed by atoms with Crippen LogP contribution >= 0.6 is 0 Å². The molecule has 3 nitrogen and oxygen atoms in total. The zero-order valence-electron chi connectivity index (χ0n) is 4.47. The first-order valence-corrected chi connectivity index (χ1v) is 2.16. The van der Waals surface area contributed by atoms with Gasteiger partial charge in [-0.25, -0.2) is 4.57 Å². The highest BCUT2D eigenvalue weighted by Gasteiger charge is 1.95. The smallest absolute Gasteiger partial charge is 0.238 e. The fraction of sp³-hybridized carbons (Fsp3) is 0.500. The number of H-pyrrole nitrogens is 1. The molecule has 1 N–H and O–H groups in total. The van der Waals surface area contributed by atoms with Gasteiger partial charge in [-0.1, -0.05) is 0 Å². The van der Waals surface area contributed by atoms with E-state index in [2.05, 4.69) is 10.2 Å². The van der Waals surface area contributed by atoms with Gasteiger partial charge in [0.2, 0.25) is 6.33 Å². The molecule has 0 saturated carbocycles. The Morgan fingerprint density at radius 3 is 2.71 bits per heavy atom. The van der Waals surface area contributed by atoms with E-state index in [-0.39, 0.29) is 0 Å². The van der Waals surface area contributed by atoms with E-state index in [1.165, 1.54) is 0 Å². The first-order chi connectivity index (χ1) is 3.30. The summed E-state index contributed by atoms with van der Waals surface area (Å²) in [5.41, 5.74) is 0. The average Bonchev–Trinajstić information content (AvgIpc) is 1.91. The van der Waals surface area contributed by atoms with Crippen LogP contribution in [0.3, 0.4) is 0 Å². The number of aryl methyl sites for hydroxylation is 2. The molecule has 38 valence electrons. The molecule has 1 rings (SSSR count). The topological polar surface area (TPSA) is 32.6 Å². The van der Waals surface area contributed by atoms with Crippen LogP contribution in [0.4, 0.5) is 0 Å². The van der Waals surface area contributed by atoms with Gasteiger partial charge < -0.3 is 0 Å². The molecule has 0 unspecified atom stereocenters. The van der Waals surface area contributed by atoms with E-state index in [4.69, 9.17) is 0 Å². The number of aromatic nitrogens is 3. The molecule has 7 heavy (non-hydrogen) atoms. The first-order valence-electron chi connectivity index (χ1n) is 2.16. The Hall–Kier alpha value is -0.860. The van der Waals surface area contributed by atoms with Crippen LogP contribution in [0.1, 0.15) is 5.82 Å². The summed E-state index contributed by atoms with van der Waals surface area (Å²) < 4.78 is 1.92. The third-order valence-corrected chi connectivity index (χ3v) is 0.988. The van der Waals surface area contributed by atoms with Gasteiger partial charge in [0.25, 0.3) is 5.82 Å². The van der Waals surface area contributed by atoms with Crippen molar-refractivity contribution >= 4 is 0 Å². The maximum Gasteiger partial charge on any atom is 0.273 e. The van der Waals surface area contributed by atoms with Crippen molar-refractivity contribution in [1.82, 2.24) is 10.2 Å². The maximum absolute atomic E-state index is 3.85. The molecule has 0 bridgehead atoms. The summed E-state index contributed by atoms with van der Waals surface area (Å²) in [4.78, 5) is 0. The van der Waals surface area contributed by atoms with E-state index in [1.807, 2.05) is 18.5 Å². The van der Waals surface area contributed by atoms with Gasteiger partial charge in [0.05, 0.1) is 7.05 Å². The van der Waals surface area contributed by atoms with Crippen molar-refractivity contribution in [3.63, 3.8) is 0 Å². The van der Waals surface area contributed by atoms with Crippen molar-refractivity contribution in [2.45, 2.75) is 6.92 Å².